The van der Waals surface area contributed by atoms with E-state index >= 15 is 0 Å². The Kier molecular flexibility index (Phi) is 7.02. The number of ether oxygens (including phenoxy) is 1. The number of hydrogen-bond donors (Lipinski definition) is 2. The number of rotatable bonds is 7. The van der Waals surface area contributed by atoms with Crippen molar-refractivity contribution < 1.29 is 24.4 Å². The van der Waals surface area contributed by atoms with Crippen molar-refractivity contribution in [3.05, 3.63) is 66.6 Å². The van der Waals surface area contributed by atoms with Crippen LogP contribution in [-0.2, 0) is 4.79 Å². The Morgan fingerprint density at radius 3 is 2.52 bits per heavy atom. The van der Waals surface area contributed by atoms with E-state index in [-0.39, 0.29) is 11.3 Å². The summed E-state index contributed by atoms with van der Waals surface area (Å²) in [6, 6.07) is 8.49. The lowest BCUT2D eigenvalue weighted by molar-refractivity contribution is -0.384. The summed E-state index contributed by atoms with van der Waals surface area (Å²) in [5.41, 5.74) is 2.76. The molecule has 0 saturated carbocycles. The van der Waals surface area contributed by atoms with Gasteiger partial charge in [0, 0.05) is 17.7 Å². The summed E-state index contributed by atoms with van der Waals surface area (Å²) in [7, 11) is 0. The van der Waals surface area contributed by atoms with Gasteiger partial charge < -0.3 is 9.84 Å². The zero-order valence-electron chi connectivity index (χ0n) is 13.4. The molecule has 0 spiro atoms. The van der Waals surface area contributed by atoms with Crippen LogP contribution in [0.3, 0.4) is 0 Å². The SMILES string of the molecule is O=C(O)COc1c(Br)cc(/C=N\NC(=O)c2cccc([N+](=O)[O-])c2)cc1Br. The molecule has 9 nitrogen and oxygen atoms in total. The number of halogens is 2. The fourth-order valence-electron chi connectivity index (χ4n) is 1.92. The molecule has 2 aromatic carbocycles. The van der Waals surface area contributed by atoms with Gasteiger partial charge in [-0.15, -0.1) is 0 Å². The Balaban J connectivity index is 2.07. The molecule has 0 fully saturated rings. The van der Waals surface area contributed by atoms with Crippen molar-refractivity contribution in [3.63, 3.8) is 0 Å². The third-order valence-electron chi connectivity index (χ3n) is 3.06. The molecule has 0 saturated heterocycles. The Hall–Kier alpha value is -2.79. The number of carboxylic acid groups (broad SMARTS) is 1. The first-order chi connectivity index (χ1) is 12.8. The van der Waals surface area contributed by atoms with E-state index in [1.54, 1.807) is 12.1 Å². The molecule has 0 aliphatic heterocycles. The van der Waals surface area contributed by atoms with Crippen LogP contribution in [0.15, 0.2) is 50.4 Å². The monoisotopic (exact) mass is 499 g/mol. The molecule has 0 bridgehead atoms. The van der Waals surface area contributed by atoms with Crippen molar-refractivity contribution >= 4 is 55.6 Å². The first-order valence-corrected chi connectivity index (χ1v) is 8.78. The molecule has 140 valence electrons. The van der Waals surface area contributed by atoms with Crippen LogP contribution >= 0.6 is 31.9 Å². The summed E-state index contributed by atoms with van der Waals surface area (Å²) >= 11 is 6.53. The van der Waals surface area contributed by atoms with Crippen LogP contribution in [-0.4, -0.2) is 34.7 Å². The maximum Gasteiger partial charge on any atom is 0.341 e. The highest BCUT2D eigenvalue weighted by molar-refractivity contribution is 9.11. The molecule has 0 aromatic heterocycles. The number of carbonyl (C=O) groups excluding carboxylic acids is 1. The number of hydrogen-bond acceptors (Lipinski definition) is 6. The summed E-state index contributed by atoms with van der Waals surface area (Å²) in [4.78, 5) is 32.7. The second-order valence-corrected chi connectivity index (χ2v) is 6.71. The van der Waals surface area contributed by atoms with Gasteiger partial charge in [-0.05, 0) is 55.6 Å². The molecular formula is C16H11Br2N3O6. The van der Waals surface area contributed by atoms with Gasteiger partial charge in [-0.25, -0.2) is 10.2 Å². The van der Waals surface area contributed by atoms with Crippen LogP contribution in [0.1, 0.15) is 15.9 Å². The van der Waals surface area contributed by atoms with Gasteiger partial charge in [0.2, 0.25) is 0 Å². The summed E-state index contributed by atoms with van der Waals surface area (Å²) < 4.78 is 6.13. The molecule has 0 heterocycles. The maximum absolute atomic E-state index is 12.0. The third-order valence-corrected chi connectivity index (χ3v) is 4.24. The molecule has 1 amide bonds. The van der Waals surface area contributed by atoms with Gasteiger partial charge in [-0.3, -0.25) is 14.9 Å². The number of aliphatic carboxylic acids is 1. The van der Waals surface area contributed by atoms with E-state index in [2.05, 4.69) is 42.4 Å². The summed E-state index contributed by atoms with van der Waals surface area (Å²) in [6.07, 6.45) is 1.35. The van der Waals surface area contributed by atoms with E-state index in [1.165, 1.54) is 24.4 Å². The molecular weight excluding hydrogens is 490 g/mol. The molecule has 2 aromatic rings. The van der Waals surface area contributed by atoms with Crippen LogP contribution in [0, 0.1) is 10.1 Å². The van der Waals surface area contributed by atoms with Crippen LogP contribution in [0.4, 0.5) is 5.69 Å². The maximum atomic E-state index is 12.0. The number of nitro benzene ring substituents is 1. The molecule has 0 aliphatic carbocycles. The average Bonchev–Trinajstić information content (AvgIpc) is 2.60. The lowest BCUT2D eigenvalue weighted by atomic mass is 10.2. The fraction of sp³-hybridized carbons (Fsp3) is 0.0625. The predicted molar refractivity (Wildman–Crippen MR) is 103 cm³/mol. The van der Waals surface area contributed by atoms with Crippen LogP contribution in [0.2, 0.25) is 0 Å². The van der Waals surface area contributed by atoms with E-state index in [0.29, 0.717) is 20.3 Å². The lowest BCUT2D eigenvalue weighted by Gasteiger charge is -2.09. The molecule has 2 N–H and O–H groups in total. The van der Waals surface area contributed by atoms with E-state index in [0.717, 1.165) is 6.07 Å². The number of hydrazone groups is 1. The number of benzene rings is 2. The summed E-state index contributed by atoms with van der Waals surface area (Å²) in [6.45, 7) is -0.496. The normalized spacial score (nSPS) is 10.6. The number of carbonyl (C=O) groups is 2. The van der Waals surface area contributed by atoms with Gasteiger partial charge in [0.1, 0.15) is 5.75 Å². The number of non-ortho nitro benzene ring substituents is 1. The minimum atomic E-state index is -1.11. The molecule has 0 atom stereocenters. The minimum absolute atomic E-state index is 0.0983. The van der Waals surface area contributed by atoms with Gasteiger partial charge in [-0.1, -0.05) is 6.07 Å². The minimum Gasteiger partial charge on any atom is -0.480 e. The van der Waals surface area contributed by atoms with Crippen molar-refractivity contribution in [3.8, 4) is 5.75 Å². The first kappa shape index (κ1) is 20.5. The highest BCUT2D eigenvalue weighted by Gasteiger charge is 2.12. The second kappa shape index (κ2) is 9.24. The molecule has 2 rings (SSSR count). The standard InChI is InChI=1S/C16H11Br2N3O6/c17-12-4-9(5-13(18)15(12)27-8-14(22)23)7-19-20-16(24)10-2-1-3-11(6-10)21(25)26/h1-7H,8H2,(H,20,24)(H,22,23)/b19-7-. The van der Waals surface area contributed by atoms with Gasteiger partial charge >= 0.3 is 5.97 Å². The fourth-order valence-corrected chi connectivity index (χ4v) is 3.37. The molecule has 0 unspecified atom stereocenters. The van der Waals surface area contributed by atoms with E-state index in [4.69, 9.17) is 9.84 Å². The van der Waals surface area contributed by atoms with Crippen molar-refractivity contribution in [1.82, 2.24) is 5.43 Å². The Morgan fingerprint density at radius 2 is 1.93 bits per heavy atom. The van der Waals surface area contributed by atoms with Gasteiger partial charge in [0.05, 0.1) is 20.1 Å². The first-order valence-electron chi connectivity index (χ1n) is 7.19. The van der Waals surface area contributed by atoms with Crippen LogP contribution in [0.5, 0.6) is 5.75 Å². The predicted octanol–water partition coefficient (Wildman–Crippen LogP) is 3.35. The number of nitrogens with zero attached hydrogens (tertiary/aromatic N) is 2. The van der Waals surface area contributed by atoms with Gasteiger partial charge in [0.25, 0.3) is 11.6 Å². The lowest BCUT2D eigenvalue weighted by Crippen LogP contribution is -2.17. The molecule has 0 radical (unpaired) electrons. The van der Waals surface area contributed by atoms with E-state index in [1.807, 2.05) is 0 Å². The molecule has 11 heteroatoms. The Labute approximate surface area is 169 Å². The quantitative estimate of drug-likeness (QED) is 0.340. The second-order valence-electron chi connectivity index (χ2n) is 5.00. The smallest absolute Gasteiger partial charge is 0.341 e. The zero-order valence-corrected chi connectivity index (χ0v) is 16.6. The largest absolute Gasteiger partial charge is 0.480 e. The number of carboxylic acids is 1. The molecule has 0 aliphatic rings. The van der Waals surface area contributed by atoms with Crippen molar-refractivity contribution in [2.24, 2.45) is 5.10 Å². The third kappa shape index (κ3) is 5.86. The van der Waals surface area contributed by atoms with Crippen LogP contribution < -0.4 is 10.2 Å². The van der Waals surface area contributed by atoms with Crippen molar-refractivity contribution in [2.75, 3.05) is 6.61 Å². The van der Waals surface area contributed by atoms with Crippen molar-refractivity contribution in [2.45, 2.75) is 0 Å². The Bertz CT molecular complexity index is 909. The van der Waals surface area contributed by atoms with E-state index < -0.39 is 23.4 Å². The average molecular weight is 501 g/mol. The zero-order chi connectivity index (χ0) is 20.0. The Morgan fingerprint density at radius 1 is 1.26 bits per heavy atom. The van der Waals surface area contributed by atoms with Crippen LogP contribution in [0.25, 0.3) is 0 Å². The topological polar surface area (TPSA) is 131 Å². The summed E-state index contributed by atoms with van der Waals surface area (Å²) in [5, 5.41) is 23.2. The number of amides is 1. The number of nitro groups is 1. The highest BCUT2D eigenvalue weighted by Crippen LogP contribution is 2.34. The molecule has 27 heavy (non-hydrogen) atoms. The van der Waals surface area contributed by atoms with E-state index in [9.17, 15) is 19.7 Å². The van der Waals surface area contributed by atoms with Gasteiger partial charge in [0.15, 0.2) is 6.61 Å². The number of nitrogens with one attached hydrogen (secondary N) is 1. The summed E-state index contributed by atoms with van der Waals surface area (Å²) in [5.74, 6) is -1.40. The highest BCUT2D eigenvalue weighted by atomic mass is 79.9. The van der Waals surface area contributed by atoms with Gasteiger partial charge in [-0.2, -0.15) is 5.10 Å². The van der Waals surface area contributed by atoms with Crippen molar-refractivity contribution in [1.29, 1.82) is 0 Å².